The van der Waals surface area contributed by atoms with E-state index in [9.17, 15) is 9.18 Å². The molecule has 0 saturated heterocycles. The molecule has 2 rings (SSSR count). The van der Waals surface area contributed by atoms with E-state index in [0.29, 0.717) is 11.0 Å². The Hall–Kier alpha value is -2.02. The second kappa shape index (κ2) is 4.46. The number of carbonyl (C=O) groups is 1. The number of nitrogens with two attached hydrogens (primary N) is 1. The molecule has 1 heterocycles. The lowest BCUT2D eigenvalue weighted by Gasteiger charge is -2.05. The minimum atomic E-state index is -0.619. The summed E-state index contributed by atoms with van der Waals surface area (Å²) in [4.78, 5) is 15.7. The molecule has 2 aromatic rings. The molecular weight excluding hydrogens is 243 g/mol. The molecular formula is C10H9FN4OS. The molecule has 0 unspecified atom stereocenters. The summed E-state index contributed by atoms with van der Waals surface area (Å²) in [5, 5.41) is 2.86. The van der Waals surface area contributed by atoms with Crippen molar-refractivity contribution >= 4 is 28.3 Å². The van der Waals surface area contributed by atoms with Gasteiger partial charge in [-0.05, 0) is 19.1 Å². The van der Waals surface area contributed by atoms with Crippen molar-refractivity contribution in [3.63, 3.8) is 0 Å². The van der Waals surface area contributed by atoms with E-state index >= 15 is 0 Å². The molecule has 7 heteroatoms. The van der Waals surface area contributed by atoms with Crippen LogP contribution in [0, 0.1) is 12.7 Å². The van der Waals surface area contributed by atoms with E-state index < -0.39 is 11.7 Å². The highest BCUT2D eigenvalue weighted by Crippen LogP contribution is 2.18. The van der Waals surface area contributed by atoms with Crippen molar-refractivity contribution in [3.8, 4) is 0 Å². The molecule has 1 aromatic carbocycles. The monoisotopic (exact) mass is 252 g/mol. The van der Waals surface area contributed by atoms with Crippen molar-refractivity contribution in [2.24, 2.45) is 0 Å². The molecule has 0 saturated carbocycles. The molecule has 0 fully saturated rings. The number of amides is 1. The van der Waals surface area contributed by atoms with E-state index in [4.69, 9.17) is 5.73 Å². The van der Waals surface area contributed by atoms with Crippen LogP contribution in [0.15, 0.2) is 18.2 Å². The van der Waals surface area contributed by atoms with Gasteiger partial charge in [-0.2, -0.15) is 4.37 Å². The Morgan fingerprint density at radius 3 is 2.94 bits per heavy atom. The first kappa shape index (κ1) is 11.5. The van der Waals surface area contributed by atoms with Crippen LogP contribution in [0.25, 0.3) is 0 Å². The van der Waals surface area contributed by atoms with E-state index in [1.165, 1.54) is 18.2 Å². The van der Waals surface area contributed by atoms with Gasteiger partial charge >= 0.3 is 0 Å². The molecule has 5 nitrogen and oxygen atoms in total. The minimum Gasteiger partial charge on any atom is -0.396 e. The van der Waals surface area contributed by atoms with E-state index in [0.717, 1.165) is 11.5 Å². The third-order valence-electron chi connectivity index (χ3n) is 2.05. The molecule has 0 aliphatic rings. The molecule has 1 amide bonds. The van der Waals surface area contributed by atoms with Gasteiger partial charge in [0.05, 0.1) is 11.3 Å². The zero-order chi connectivity index (χ0) is 12.4. The number of carbonyl (C=O) groups excluding carboxylic acids is 1. The molecule has 3 N–H and O–H groups in total. The van der Waals surface area contributed by atoms with Gasteiger partial charge in [-0.3, -0.25) is 10.1 Å². The van der Waals surface area contributed by atoms with Gasteiger partial charge in [-0.1, -0.05) is 6.07 Å². The number of nitrogen functional groups attached to an aromatic ring is 1. The largest absolute Gasteiger partial charge is 0.396 e. The summed E-state index contributed by atoms with van der Waals surface area (Å²) < 4.78 is 17.1. The maximum absolute atomic E-state index is 13.2. The van der Waals surface area contributed by atoms with Crippen molar-refractivity contribution in [2.75, 3.05) is 11.1 Å². The van der Waals surface area contributed by atoms with Crippen molar-refractivity contribution < 1.29 is 9.18 Å². The zero-order valence-corrected chi connectivity index (χ0v) is 9.71. The number of nitrogens with zero attached hydrogens (tertiary/aromatic N) is 2. The highest BCUT2D eigenvalue weighted by Gasteiger charge is 2.14. The lowest BCUT2D eigenvalue weighted by atomic mass is 10.1. The fourth-order valence-electron chi connectivity index (χ4n) is 1.25. The highest BCUT2D eigenvalue weighted by molar-refractivity contribution is 7.09. The van der Waals surface area contributed by atoms with Crippen LogP contribution in [-0.2, 0) is 0 Å². The summed E-state index contributed by atoms with van der Waals surface area (Å²) in [7, 11) is 0. The number of nitrogens with one attached hydrogen (secondary N) is 1. The number of aryl methyl sites for hydroxylation is 1. The predicted molar refractivity (Wildman–Crippen MR) is 63.4 cm³/mol. The molecule has 17 heavy (non-hydrogen) atoms. The van der Waals surface area contributed by atoms with Crippen LogP contribution in [0.4, 0.5) is 15.2 Å². The van der Waals surface area contributed by atoms with Crippen LogP contribution < -0.4 is 11.1 Å². The maximum atomic E-state index is 13.2. The van der Waals surface area contributed by atoms with E-state index in [2.05, 4.69) is 14.7 Å². The Bertz CT molecular complexity index is 569. The quantitative estimate of drug-likeness (QED) is 0.799. The smallest absolute Gasteiger partial charge is 0.259 e. The van der Waals surface area contributed by atoms with Gasteiger partial charge in [0, 0.05) is 11.5 Å². The molecule has 0 aliphatic heterocycles. The van der Waals surface area contributed by atoms with Crippen LogP contribution >= 0.6 is 11.5 Å². The Kier molecular flexibility index (Phi) is 3.01. The molecule has 0 bridgehead atoms. The van der Waals surface area contributed by atoms with E-state index in [1.54, 1.807) is 6.92 Å². The van der Waals surface area contributed by atoms with E-state index in [-0.39, 0.29) is 11.3 Å². The molecule has 0 radical (unpaired) electrons. The van der Waals surface area contributed by atoms with Crippen LogP contribution in [-0.4, -0.2) is 15.3 Å². The fourth-order valence-corrected chi connectivity index (χ4v) is 1.82. The predicted octanol–water partition coefficient (Wildman–Crippen LogP) is 1.82. The molecule has 0 spiro atoms. The Balaban J connectivity index is 2.23. The number of benzene rings is 1. The second-order valence-electron chi connectivity index (χ2n) is 3.30. The summed E-state index contributed by atoms with van der Waals surface area (Å²) in [5.41, 5.74) is 5.38. The SMILES string of the molecule is Cc1nsc(NC(=O)c2cccc(F)c2N)n1. The van der Waals surface area contributed by atoms with Crippen molar-refractivity contribution in [2.45, 2.75) is 6.92 Å². The number of hydrogen-bond acceptors (Lipinski definition) is 5. The summed E-state index contributed by atoms with van der Waals surface area (Å²) >= 11 is 1.05. The van der Waals surface area contributed by atoms with Gasteiger partial charge in [0.2, 0.25) is 5.13 Å². The summed E-state index contributed by atoms with van der Waals surface area (Å²) in [5.74, 6) is -0.554. The van der Waals surface area contributed by atoms with E-state index in [1.807, 2.05) is 0 Å². The number of hydrogen-bond donors (Lipinski definition) is 2. The van der Waals surface area contributed by atoms with Gasteiger partial charge in [0.25, 0.3) is 5.91 Å². The van der Waals surface area contributed by atoms with Gasteiger partial charge in [-0.15, -0.1) is 0 Å². The number of halogens is 1. The van der Waals surface area contributed by atoms with Crippen LogP contribution in [0.2, 0.25) is 0 Å². The van der Waals surface area contributed by atoms with Crippen LogP contribution in [0.3, 0.4) is 0 Å². The number of aromatic nitrogens is 2. The first-order valence-corrected chi connectivity index (χ1v) is 5.51. The zero-order valence-electron chi connectivity index (χ0n) is 8.90. The summed E-state index contributed by atoms with van der Waals surface area (Å²) in [6.45, 7) is 1.71. The number of rotatable bonds is 2. The molecule has 0 atom stereocenters. The van der Waals surface area contributed by atoms with Gasteiger partial charge in [0.15, 0.2) is 0 Å². The van der Waals surface area contributed by atoms with Crippen LogP contribution in [0.5, 0.6) is 0 Å². The van der Waals surface area contributed by atoms with Gasteiger partial charge < -0.3 is 5.73 Å². The molecule has 1 aromatic heterocycles. The first-order chi connectivity index (χ1) is 8.08. The highest BCUT2D eigenvalue weighted by atomic mass is 32.1. The topological polar surface area (TPSA) is 80.9 Å². The molecule has 88 valence electrons. The Morgan fingerprint density at radius 1 is 1.53 bits per heavy atom. The maximum Gasteiger partial charge on any atom is 0.259 e. The average molecular weight is 252 g/mol. The fraction of sp³-hybridized carbons (Fsp3) is 0.100. The van der Waals surface area contributed by atoms with Crippen molar-refractivity contribution in [3.05, 3.63) is 35.4 Å². The lowest BCUT2D eigenvalue weighted by molar-refractivity contribution is 0.102. The third-order valence-corrected chi connectivity index (χ3v) is 2.77. The molecule has 0 aliphatic carbocycles. The van der Waals surface area contributed by atoms with Crippen molar-refractivity contribution in [1.82, 2.24) is 9.36 Å². The lowest BCUT2D eigenvalue weighted by Crippen LogP contribution is -2.14. The minimum absolute atomic E-state index is 0.0813. The number of para-hydroxylation sites is 1. The summed E-state index contributed by atoms with van der Waals surface area (Å²) in [6, 6.07) is 4.06. The summed E-state index contributed by atoms with van der Waals surface area (Å²) in [6.07, 6.45) is 0. The normalized spacial score (nSPS) is 10.2. The number of anilines is 2. The first-order valence-electron chi connectivity index (χ1n) is 4.73. The Morgan fingerprint density at radius 2 is 2.29 bits per heavy atom. The van der Waals surface area contributed by atoms with Gasteiger partial charge in [0.1, 0.15) is 11.6 Å². The van der Waals surface area contributed by atoms with Gasteiger partial charge in [-0.25, -0.2) is 9.37 Å². The Labute approximate surface area is 101 Å². The third kappa shape index (κ3) is 2.39. The van der Waals surface area contributed by atoms with Crippen molar-refractivity contribution in [1.29, 1.82) is 0 Å². The standard InChI is InChI=1S/C10H9FN4OS/c1-5-13-10(17-15-5)14-9(16)6-3-2-4-7(11)8(6)12/h2-4H,12H2,1H3,(H,13,14,15,16). The average Bonchev–Trinajstić information content (AvgIpc) is 2.68. The van der Waals surface area contributed by atoms with Crippen LogP contribution in [0.1, 0.15) is 16.2 Å². The second-order valence-corrected chi connectivity index (χ2v) is 4.05.